The van der Waals surface area contributed by atoms with Crippen LogP contribution in [-0.2, 0) is 16.0 Å². The molecular weight excluding hydrogens is 262 g/mol. The van der Waals surface area contributed by atoms with Crippen LogP contribution in [0.3, 0.4) is 0 Å². The third-order valence-electron chi connectivity index (χ3n) is 5.04. The minimum atomic E-state index is 0.00649. The van der Waals surface area contributed by atoms with Gasteiger partial charge in [0.2, 0.25) is 0 Å². The van der Waals surface area contributed by atoms with Gasteiger partial charge in [0.25, 0.3) is 0 Å². The van der Waals surface area contributed by atoms with Crippen LogP contribution in [0.25, 0.3) is 0 Å². The van der Waals surface area contributed by atoms with Gasteiger partial charge in [-0.05, 0) is 43.4 Å². The predicted molar refractivity (Wildman–Crippen MR) is 84.1 cm³/mol. The zero-order valence-electron chi connectivity index (χ0n) is 12.6. The molecule has 2 fully saturated rings. The van der Waals surface area contributed by atoms with Crippen LogP contribution in [0.5, 0.6) is 0 Å². The zero-order chi connectivity index (χ0) is 14.7. The summed E-state index contributed by atoms with van der Waals surface area (Å²) in [5, 5.41) is 0. The Hall–Kier alpha value is -1.35. The third kappa shape index (κ3) is 3.46. The highest BCUT2D eigenvalue weighted by molar-refractivity contribution is 5.83. The molecule has 2 N–H and O–H groups in total. The molecule has 0 radical (unpaired) electrons. The number of nitrogens with two attached hydrogens (primary N) is 1. The van der Waals surface area contributed by atoms with E-state index in [1.54, 1.807) is 0 Å². The van der Waals surface area contributed by atoms with Crippen molar-refractivity contribution in [3.05, 3.63) is 29.8 Å². The average molecular weight is 287 g/mol. The van der Waals surface area contributed by atoms with E-state index in [9.17, 15) is 4.79 Å². The topological polar surface area (TPSA) is 52.3 Å². The van der Waals surface area contributed by atoms with E-state index in [1.165, 1.54) is 19.3 Å². The van der Waals surface area contributed by atoms with Gasteiger partial charge < -0.3 is 10.5 Å². The molecule has 1 aliphatic carbocycles. The molecule has 1 aromatic carbocycles. The number of carbonyl (C=O) groups is 1. The fourth-order valence-corrected chi connectivity index (χ4v) is 3.90. The molecule has 1 aromatic rings. The highest BCUT2D eigenvalue weighted by atomic mass is 16.5. The number of ketones is 1. The summed E-state index contributed by atoms with van der Waals surface area (Å²) in [6.07, 6.45) is 8.38. The average Bonchev–Trinajstić information content (AvgIpc) is 2.48. The lowest BCUT2D eigenvalue weighted by atomic mass is 9.74. The van der Waals surface area contributed by atoms with Crippen molar-refractivity contribution in [3.8, 4) is 0 Å². The Morgan fingerprint density at radius 1 is 1.29 bits per heavy atom. The second-order valence-electron chi connectivity index (χ2n) is 6.67. The van der Waals surface area contributed by atoms with Crippen LogP contribution < -0.4 is 5.73 Å². The van der Waals surface area contributed by atoms with E-state index in [1.807, 2.05) is 24.3 Å². The number of benzene rings is 1. The molecule has 1 saturated heterocycles. The van der Waals surface area contributed by atoms with Gasteiger partial charge in [-0.15, -0.1) is 0 Å². The van der Waals surface area contributed by atoms with Crippen molar-refractivity contribution in [2.45, 2.75) is 57.0 Å². The maximum atomic E-state index is 12.6. The van der Waals surface area contributed by atoms with Crippen molar-refractivity contribution in [2.24, 2.45) is 5.92 Å². The van der Waals surface area contributed by atoms with Gasteiger partial charge in [0.15, 0.2) is 0 Å². The van der Waals surface area contributed by atoms with Crippen molar-refractivity contribution in [2.75, 3.05) is 12.3 Å². The van der Waals surface area contributed by atoms with Crippen molar-refractivity contribution >= 4 is 11.5 Å². The van der Waals surface area contributed by atoms with Gasteiger partial charge in [0, 0.05) is 24.6 Å². The summed E-state index contributed by atoms with van der Waals surface area (Å²) in [6.45, 7) is 0.743. The fraction of sp³-hybridized carbons (Fsp3) is 0.611. The first kappa shape index (κ1) is 14.6. The second-order valence-corrected chi connectivity index (χ2v) is 6.67. The number of anilines is 1. The van der Waals surface area contributed by atoms with Gasteiger partial charge in [0.05, 0.1) is 5.60 Å². The van der Waals surface area contributed by atoms with Gasteiger partial charge in [-0.1, -0.05) is 31.4 Å². The van der Waals surface area contributed by atoms with E-state index < -0.39 is 0 Å². The van der Waals surface area contributed by atoms with Crippen LogP contribution in [0.4, 0.5) is 5.69 Å². The van der Waals surface area contributed by atoms with Crippen LogP contribution in [0.1, 0.15) is 50.5 Å². The second kappa shape index (κ2) is 6.18. The summed E-state index contributed by atoms with van der Waals surface area (Å²) >= 11 is 0. The van der Waals surface area contributed by atoms with Crippen LogP contribution in [0.2, 0.25) is 0 Å². The largest absolute Gasteiger partial charge is 0.399 e. The molecule has 114 valence electrons. The van der Waals surface area contributed by atoms with E-state index >= 15 is 0 Å². The number of nitrogen functional groups attached to an aromatic ring is 1. The first-order valence-corrected chi connectivity index (χ1v) is 8.18. The Morgan fingerprint density at radius 2 is 2.10 bits per heavy atom. The maximum Gasteiger partial charge on any atom is 0.140 e. The molecule has 3 rings (SSSR count). The summed E-state index contributed by atoms with van der Waals surface area (Å²) in [5.74, 6) is 0.520. The Bertz CT molecular complexity index is 500. The SMILES string of the molecule is Nc1cccc(CC(=O)C2CCOC3(CCCCC3)C2)c1. The molecule has 1 atom stereocenters. The Labute approximate surface area is 126 Å². The molecule has 3 nitrogen and oxygen atoms in total. The minimum absolute atomic E-state index is 0.00649. The molecule has 1 unspecified atom stereocenters. The van der Waals surface area contributed by atoms with E-state index in [-0.39, 0.29) is 11.5 Å². The molecule has 0 bridgehead atoms. The summed E-state index contributed by atoms with van der Waals surface area (Å²) in [7, 11) is 0. The molecule has 1 saturated carbocycles. The number of carbonyl (C=O) groups excluding carboxylic acids is 1. The number of hydrogen-bond donors (Lipinski definition) is 1. The monoisotopic (exact) mass is 287 g/mol. The van der Waals surface area contributed by atoms with E-state index in [4.69, 9.17) is 10.5 Å². The lowest BCUT2D eigenvalue weighted by Crippen LogP contribution is -2.43. The number of hydrogen-bond acceptors (Lipinski definition) is 3. The predicted octanol–water partition coefficient (Wildman–Crippen LogP) is 3.51. The van der Waals surface area contributed by atoms with Crippen LogP contribution in [0, 0.1) is 5.92 Å². The summed E-state index contributed by atoms with van der Waals surface area (Å²) in [4.78, 5) is 12.6. The van der Waals surface area contributed by atoms with Gasteiger partial charge in [0.1, 0.15) is 5.78 Å². The van der Waals surface area contributed by atoms with Crippen LogP contribution in [-0.4, -0.2) is 18.0 Å². The summed E-state index contributed by atoms with van der Waals surface area (Å²) in [5.41, 5.74) is 7.56. The van der Waals surface area contributed by atoms with E-state index in [0.717, 1.165) is 43.5 Å². The van der Waals surface area contributed by atoms with Crippen molar-refractivity contribution < 1.29 is 9.53 Å². The quantitative estimate of drug-likeness (QED) is 0.866. The van der Waals surface area contributed by atoms with Gasteiger partial charge in [-0.25, -0.2) is 0 Å². The fourth-order valence-electron chi connectivity index (χ4n) is 3.90. The molecule has 21 heavy (non-hydrogen) atoms. The highest BCUT2D eigenvalue weighted by Gasteiger charge is 2.40. The standard InChI is InChI=1S/C18H25NO2/c19-16-6-4-5-14(11-16)12-17(20)15-7-10-21-18(13-15)8-2-1-3-9-18/h4-6,11,15H,1-3,7-10,12-13,19H2. The Balaban J connectivity index is 1.64. The molecule has 0 aromatic heterocycles. The minimum Gasteiger partial charge on any atom is -0.399 e. The summed E-state index contributed by atoms with van der Waals surface area (Å²) < 4.78 is 6.08. The maximum absolute atomic E-state index is 12.6. The molecule has 1 aliphatic heterocycles. The number of ether oxygens (including phenoxy) is 1. The van der Waals surface area contributed by atoms with Gasteiger partial charge >= 0.3 is 0 Å². The molecular formula is C18H25NO2. The van der Waals surface area contributed by atoms with Gasteiger partial charge in [-0.2, -0.15) is 0 Å². The normalized spacial score (nSPS) is 24.9. The molecule has 3 heteroatoms. The van der Waals surface area contributed by atoms with E-state index in [0.29, 0.717) is 12.2 Å². The lowest BCUT2D eigenvalue weighted by molar-refractivity contribution is -0.142. The van der Waals surface area contributed by atoms with E-state index in [2.05, 4.69) is 0 Å². The number of Topliss-reactive ketones (excluding diaryl/α,β-unsaturated/α-hetero) is 1. The molecule has 2 aliphatic rings. The molecule has 0 amide bonds. The van der Waals surface area contributed by atoms with Crippen LogP contribution in [0.15, 0.2) is 24.3 Å². The van der Waals surface area contributed by atoms with Crippen molar-refractivity contribution in [1.82, 2.24) is 0 Å². The third-order valence-corrected chi connectivity index (χ3v) is 5.04. The summed E-state index contributed by atoms with van der Waals surface area (Å²) in [6, 6.07) is 7.68. The van der Waals surface area contributed by atoms with Crippen LogP contribution >= 0.6 is 0 Å². The molecule has 1 heterocycles. The smallest absolute Gasteiger partial charge is 0.140 e. The Morgan fingerprint density at radius 3 is 2.86 bits per heavy atom. The van der Waals surface area contributed by atoms with Crippen molar-refractivity contribution in [1.29, 1.82) is 0 Å². The lowest BCUT2D eigenvalue weighted by Gasteiger charge is -2.43. The molecule has 1 spiro atoms. The highest BCUT2D eigenvalue weighted by Crippen LogP contribution is 2.41. The first-order chi connectivity index (χ1) is 10.2. The number of rotatable bonds is 3. The first-order valence-electron chi connectivity index (χ1n) is 8.18. The zero-order valence-corrected chi connectivity index (χ0v) is 12.6. The Kier molecular flexibility index (Phi) is 4.29. The van der Waals surface area contributed by atoms with Gasteiger partial charge in [-0.3, -0.25) is 4.79 Å². The van der Waals surface area contributed by atoms with Crippen molar-refractivity contribution in [3.63, 3.8) is 0 Å².